The number of nitrogens with one attached hydrogen (secondary N) is 1. The number of hydrogen-bond acceptors (Lipinski definition) is 3. The Morgan fingerprint density at radius 1 is 0.955 bits per heavy atom. The summed E-state index contributed by atoms with van der Waals surface area (Å²) in [5.41, 5.74) is 8.20. The summed E-state index contributed by atoms with van der Waals surface area (Å²) in [6.07, 6.45) is 7.21. The van der Waals surface area contributed by atoms with Gasteiger partial charge in [-0.25, -0.2) is 9.18 Å². The average molecular weight is 607 g/mol. The van der Waals surface area contributed by atoms with Gasteiger partial charge < -0.3 is 0 Å². The molecule has 0 atom stereocenters. The maximum absolute atomic E-state index is 14.4. The Labute approximate surface area is 262 Å². The Morgan fingerprint density at radius 2 is 1.70 bits per heavy atom. The molecule has 0 aromatic heterocycles. The van der Waals surface area contributed by atoms with E-state index in [1.54, 1.807) is 11.0 Å². The highest BCUT2D eigenvalue weighted by Crippen LogP contribution is 2.39. The van der Waals surface area contributed by atoms with E-state index < -0.39 is 13.6 Å². The summed E-state index contributed by atoms with van der Waals surface area (Å²) < 4.78 is 14.4. The molecule has 3 aromatic rings. The lowest BCUT2D eigenvalue weighted by Crippen LogP contribution is -2.57. The SMILES string of the molecule is C[Si](C)(C)C#Cc1ccccc1-c1cccc(CN2CCC3(CC2)C(=NC2CCCCC2)NC(=O)N3c2cccc(F)c2)c1. The number of aliphatic imine (C=N–C) groups is 1. The van der Waals surface area contributed by atoms with E-state index in [0.717, 1.165) is 56.7 Å². The van der Waals surface area contributed by atoms with E-state index in [2.05, 4.69) is 89.9 Å². The number of benzene rings is 3. The first-order chi connectivity index (χ1) is 21.2. The fourth-order valence-electron chi connectivity index (χ4n) is 6.83. The number of carbonyl (C=O) groups excluding carboxylic acids is 1. The molecule has 1 aliphatic carbocycles. The Bertz CT molecular complexity index is 1600. The van der Waals surface area contributed by atoms with E-state index >= 15 is 0 Å². The fraction of sp³-hybridized carbons (Fsp3) is 0.405. The predicted octanol–water partition coefficient (Wildman–Crippen LogP) is 8.02. The number of nitrogens with zero attached hydrogens (tertiary/aromatic N) is 3. The molecule has 0 radical (unpaired) electrons. The minimum Gasteiger partial charge on any atom is -0.299 e. The van der Waals surface area contributed by atoms with Gasteiger partial charge >= 0.3 is 6.03 Å². The molecular formula is C37H43FN4OSi. The minimum absolute atomic E-state index is 0.206. The van der Waals surface area contributed by atoms with Crippen LogP contribution in [0.1, 0.15) is 56.1 Å². The molecule has 0 bridgehead atoms. The molecule has 3 fully saturated rings. The first-order valence-corrected chi connectivity index (χ1v) is 19.6. The van der Waals surface area contributed by atoms with Gasteiger partial charge in [0.1, 0.15) is 25.3 Å². The molecule has 3 aliphatic rings. The van der Waals surface area contributed by atoms with Crippen LogP contribution in [0.5, 0.6) is 0 Å². The van der Waals surface area contributed by atoms with Gasteiger partial charge in [0.05, 0.1) is 6.04 Å². The van der Waals surface area contributed by atoms with Gasteiger partial charge in [-0.3, -0.25) is 20.1 Å². The maximum atomic E-state index is 14.4. The van der Waals surface area contributed by atoms with Crippen molar-refractivity contribution in [2.75, 3.05) is 18.0 Å². The van der Waals surface area contributed by atoms with Gasteiger partial charge in [0.25, 0.3) is 0 Å². The summed E-state index contributed by atoms with van der Waals surface area (Å²) in [7, 11) is -1.49. The molecule has 3 aromatic carbocycles. The van der Waals surface area contributed by atoms with Crippen LogP contribution in [-0.4, -0.2) is 49.5 Å². The summed E-state index contributed by atoms with van der Waals surface area (Å²) in [5, 5.41) is 3.13. The molecule has 2 amide bonds. The highest BCUT2D eigenvalue weighted by Gasteiger charge is 2.53. The second kappa shape index (κ2) is 12.7. The number of carbonyl (C=O) groups is 1. The van der Waals surface area contributed by atoms with Crippen molar-refractivity contribution in [3.8, 4) is 22.6 Å². The van der Waals surface area contributed by atoms with Crippen molar-refractivity contribution in [1.82, 2.24) is 10.2 Å². The number of amides is 2. The lowest BCUT2D eigenvalue weighted by molar-refractivity contribution is 0.184. The molecule has 5 nitrogen and oxygen atoms in total. The maximum Gasteiger partial charge on any atom is 0.328 e. The Balaban J connectivity index is 1.23. The Kier molecular flexibility index (Phi) is 8.75. The number of piperidine rings is 1. The molecule has 44 heavy (non-hydrogen) atoms. The van der Waals surface area contributed by atoms with Gasteiger partial charge in [0, 0.05) is 30.9 Å². The van der Waals surface area contributed by atoms with Crippen LogP contribution in [0.25, 0.3) is 11.1 Å². The zero-order valence-corrected chi connectivity index (χ0v) is 27.2. The fourth-order valence-corrected chi connectivity index (χ4v) is 7.34. The number of anilines is 1. The molecule has 2 heterocycles. The first kappa shape index (κ1) is 30.3. The number of likely N-dealkylation sites (tertiary alicyclic amines) is 1. The number of hydrogen-bond donors (Lipinski definition) is 1. The van der Waals surface area contributed by atoms with Crippen molar-refractivity contribution in [1.29, 1.82) is 0 Å². The summed E-state index contributed by atoms with van der Waals surface area (Å²) >= 11 is 0. The third-order valence-corrected chi connectivity index (χ3v) is 9.95. The van der Waals surface area contributed by atoms with Gasteiger partial charge in [-0.15, -0.1) is 5.54 Å². The van der Waals surface area contributed by atoms with E-state index in [1.165, 1.54) is 48.1 Å². The molecule has 1 saturated carbocycles. The third-order valence-electron chi connectivity index (χ3n) is 9.08. The van der Waals surface area contributed by atoms with Crippen molar-refractivity contribution >= 4 is 25.6 Å². The minimum atomic E-state index is -1.49. The smallest absolute Gasteiger partial charge is 0.299 e. The predicted molar refractivity (Wildman–Crippen MR) is 181 cm³/mol. The van der Waals surface area contributed by atoms with Crippen LogP contribution in [0.4, 0.5) is 14.9 Å². The van der Waals surface area contributed by atoms with E-state index in [9.17, 15) is 9.18 Å². The molecule has 1 N–H and O–H groups in total. The number of urea groups is 1. The van der Waals surface area contributed by atoms with Gasteiger partial charge in [-0.1, -0.05) is 87.3 Å². The molecular weight excluding hydrogens is 564 g/mol. The van der Waals surface area contributed by atoms with Crippen molar-refractivity contribution < 1.29 is 9.18 Å². The summed E-state index contributed by atoms with van der Waals surface area (Å²) in [6.45, 7) is 9.26. The van der Waals surface area contributed by atoms with Crippen molar-refractivity contribution in [3.63, 3.8) is 0 Å². The molecule has 0 unspecified atom stereocenters. The van der Waals surface area contributed by atoms with E-state index in [-0.39, 0.29) is 17.9 Å². The van der Waals surface area contributed by atoms with Crippen LogP contribution in [0, 0.1) is 17.3 Å². The average Bonchev–Trinajstić information content (AvgIpc) is 3.27. The Morgan fingerprint density at radius 3 is 2.45 bits per heavy atom. The second-order valence-corrected chi connectivity index (χ2v) is 18.3. The highest BCUT2D eigenvalue weighted by atomic mass is 28.3. The van der Waals surface area contributed by atoms with E-state index in [4.69, 9.17) is 4.99 Å². The molecule has 228 valence electrons. The van der Waals surface area contributed by atoms with Crippen LogP contribution in [0.15, 0.2) is 77.8 Å². The van der Waals surface area contributed by atoms with Crippen LogP contribution in [0.3, 0.4) is 0 Å². The van der Waals surface area contributed by atoms with E-state index in [0.29, 0.717) is 5.69 Å². The van der Waals surface area contributed by atoms with Crippen LogP contribution >= 0.6 is 0 Å². The van der Waals surface area contributed by atoms with E-state index in [1.807, 2.05) is 6.07 Å². The van der Waals surface area contributed by atoms with Crippen molar-refractivity contribution in [2.24, 2.45) is 4.99 Å². The summed E-state index contributed by atoms with van der Waals surface area (Å²) in [4.78, 5) is 22.9. The molecule has 6 rings (SSSR count). The van der Waals surface area contributed by atoms with Crippen LogP contribution in [-0.2, 0) is 6.54 Å². The topological polar surface area (TPSA) is 47.9 Å². The molecule has 2 saturated heterocycles. The first-order valence-electron chi connectivity index (χ1n) is 16.1. The zero-order chi connectivity index (χ0) is 30.7. The third kappa shape index (κ3) is 6.67. The summed E-state index contributed by atoms with van der Waals surface area (Å²) in [6, 6.07) is 23.7. The van der Waals surface area contributed by atoms with Gasteiger partial charge in [0.15, 0.2) is 0 Å². The van der Waals surface area contributed by atoms with Gasteiger partial charge in [-0.05, 0) is 72.7 Å². The largest absolute Gasteiger partial charge is 0.328 e. The number of rotatable bonds is 5. The zero-order valence-electron chi connectivity index (χ0n) is 26.2. The van der Waals surface area contributed by atoms with Crippen LogP contribution in [0.2, 0.25) is 19.6 Å². The van der Waals surface area contributed by atoms with Gasteiger partial charge in [-0.2, -0.15) is 0 Å². The normalized spacial score (nSPS) is 20.0. The molecule has 2 aliphatic heterocycles. The lowest BCUT2D eigenvalue weighted by Gasteiger charge is -2.44. The monoisotopic (exact) mass is 606 g/mol. The van der Waals surface area contributed by atoms with Crippen molar-refractivity contribution in [2.45, 2.75) is 82.7 Å². The number of halogens is 1. The second-order valence-electron chi connectivity index (χ2n) is 13.6. The Hall–Kier alpha value is -3.73. The lowest BCUT2D eigenvalue weighted by atomic mass is 9.84. The van der Waals surface area contributed by atoms with Crippen LogP contribution < -0.4 is 10.2 Å². The highest BCUT2D eigenvalue weighted by molar-refractivity contribution is 6.83. The standard InChI is InChI=1S/C37H43FN4OSi/c1-44(2,3)24-19-29-12-7-8-18-34(29)30-13-9-11-28(25-30)27-41-22-20-37(21-23-41)35(39-32-15-5-4-6-16-32)40-36(43)42(37)33-17-10-14-31(38)26-33/h7-14,17-18,25-26,32H,4-6,15-16,20-23,27H2,1-3H3,(H,39,40,43). The molecule has 1 spiro atoms. The quantitative estimate of drug-likeness (QED) is 0.236. The van der Waals surface area contributed by atoms with Gasteiger partial charge in [0.2, 0.25) is 0 Å². The molecule has 7 heteroatoms. The number of amidine groups is 1. The van der Waals surface area contributed by atoms with Crippen molar-refractivity contribution in [3.05, 3.63) is 89.7 Å². The summed E-state index contributed by atoms with van der Waals surface area (Å²) in [5.74, 6) is 3.90.